The van der Waals surface area contributed by atoms with Crippen molar-refractivity contribution in [3.63, 3.8) is 0 Å². The largest absolute Gasteiger partial charge is 0.493 e. The van der Waals surface area contributed by atoms with Gasteiger partial charge in [0.1, 0.15) is 11.8 Å². The summed E-state index contributed by atoms with van der Waals surface area (Å²) >= 11 is 0. The van der Waals surface area contributed by atoms with Crippen LogP contribution in [0, 0.1) is 13.8 Å². The number of aromatic carboxylic acids is 1. The van der Waals surface area contributed by atoms with E-state index in [1.54, 1.807) is 22.7 Å². The summed E-state index contributed by atoms with van der Waals surface area (Å²) < 4.78 is 19.2. The van der Waals surface area contributed by atoms with Crippen molar-refractivity contribution in [3.05, 3.63) is 130 Å². The van der Waals surface area contributed by atoms with Gasteiger partial charge in [-0.05, 0) is 98.5 Å². The first-order valence-corrected chi connectivity index (χ1v) is 21.5. The van der Waals surface area contributed by atoms with Crippen molar-refractivity contribution in [3.8, 4) is 17.0 Å². The number of benzene rings is 4. The number of anilines is 1. The summed E-state index contributed by atoms with van der Waals surface area (Å²) in [5.41, 5.74) is 6.14. The van der Waals surface area contributed by atoms with Gasteiger partial charge >= 0.3 is 5.97 Å². The van der Waals surface area contributed by atoms with Crippen LogP contribution in [0.5, 0.6) is 5.75 Å². The maximum Gasteiger partial charge on any atom is 0.356 e. The normalized spacial score (nSPS) is 14.8. The molecular formula is C49H50N6O9. The minimum Gasteiger partial charge on any atom is -0.493 e. The zero-order valence-corrected chi connectivity index (χ0v) is 35.8. The number of nitrogens with zero attached hydrogens (tertiary/aromatic N) is 3. The van der Waals surface area contributed by atoms with Crippen molar-refractivity contribution < 1.29 is 43.3 Å². The Morgan fingerprint density at radius 2 is 1.56 bits per heavy atom. The number of imide groups is 1. The smallest absolute Gasteiger partial charge is 0.356 e. The predicted molar refractivity (Wildman–Crippen MR) is 240 cm³/mol. The molecular weight excluding hydrogens is 817 g/mol. The van der Waals surface area contributed by atoms with Crippen LogP contribution in [0.25, 0.3) is 27.5 Å². The molecule has 4 aromatic carbocycles. The summed E-state index contributed by atoms with van der Waals surface area (Å²) in [6.07, 6.45) is 2.18. The summed E-state index contributed by atoms with van der Waals surface area (Å²) in [6.45, 7) is 6.64. The number of carbonyl (C=O) groups excluding carboxylic acids is 4. The highest BCUT2D eigenvalue weighted by Crippen LogP contribution is 2.34. The van der Waals surface area contributed by atoms with E-state index in [0.717, 1.165) is 43.8 Å². The van der Waals surface area contributed by atoms with Gasteiger partial charge in [0.2, 0.25) is 5.91 Å². The monoisotopic (exact) mass is 866 g/mol. The summed E-state index contributed by atoms with van der Waals surface area (Å²) in [5, 5.41) is 25.7. The van der Waals surface area contributed by atoms with Crippen LogP contribution in [0.3, 0.4) is 0 Å². The molecule has 1 unspecified atom stereocenters. The summed E-state index contributed by atoms with van der Waals surface area (Å²) in [4.78, 5) is 65.5. The van der Waals surface area contributed by atoms with Gasteiger partial charge in [-0.15, -0.1) is 0 Å². The average molecular weight is 867 g/mol. The average Bonchev–Trinajstić information content (AvgIpc) is 3.80. The third-order valence-corrected chi connectivity index (χ3v) is 11.6. The van der Waals surface area contributed by atoms with Crippen molar-refractivity contribution in [2.24, 2.45) is 0 Å². The summed E-state index contributed by atoms with van der Waals surface area (Å²) in [5.74, 6) is -1.81. The molecule has 4 amide bonds. The fraction of sp³-hybridized carbons (Fsp3) is 0.306. The van der Waals surface area contributed by atoms with Gasteiger partial charge in [-0.25, -0.2) is 9.31 Å². The molecule has 4 heterocycles. The van der Waals surface area contributed by atoms with Gasteiger partial charge in [0.05, 0.1) is 55.4 Å². The fourth-order valence-electron chi connectivity index (χ4n) is 8.63. The van der Waals surface area contributed by atoms with E-state index in [0.29, 0.717) is 87.5 Å². The summed E-state index contributed by atoms with van der Waals surface area (Å²) in [7, 11) is 0. The first-order chi connectivity index (χ1) is 31.1. The van der Waals surface area contributed by atoms with Gasteiger partial charge in [-0.3, -0.25) is 24.1 Å². The minimum atomic E-state index is -1.10. The van der Waals surface area contributed by atoms with E-state index in [9.17, 15) is 29.1 Å². The SMILES string of the molecule is Cc1cc(C(=O)NCCOCCOCCNc2cccc3c2C(=O)N(C2CCCNC2=O)C3=O)cc(C)c1-c1cccc2c(CCCOc3cccc4ccccc34)c(C(=O)O)nn12. The van der Waals surface area contributed by atoms with Crippen LogP contribution in [0.15, 0.2) is 91.0 Å². The second kappa shape index (κ2) is 19.5. The standard InChI is InChI=1S/C49H50N6O9/c1-30-28-33(45(56)52-22-25-63-27-26-62-24-21-50-37-15-6-13-36-43(37)48(59)54(47(36)58)40-18-8-20-51-46(40)57)29-31(2)42(30)39-17-7-16-38-35(44(49(60)61)53-55(38)39)14-9-23-64-41-19-5-11-32-10-3-4-12-34(32)41/h3-7,10-13,15-17,19,28-29,40,50H,8-9,14,18,20-27H2,1-2H3,(H,51,57)(H,52,56)(H,60,61). The fourth-order valence-corrected chi connectivity index (χ4v) is 8.63. The Labute approximate surface area is 369 Å². The molecule has 330 valence electrons. The molecule has 4 N–H and O–H groups in total. The number of carboxylic acids is 1. The zero-order valence-electron chi connectivity index (χ0n) is 35.8. The topological polar surface area (TPSA) is 190 Å². The molecule has 1 saturated heterocycles. The number of amides is 4. The lowest BCUT2D eigenvalue weighted by molar-refractivity contribution is -0.126. The van der Waals surface area contributed by atoms with E-state index in [1.165, 1.54) is 0 Å². The van der Waals surface area contributed by atoms with E-state index >= 15 is 0 Å². The Morgan fingerprint density at radius 1 is 0.828 bits per heavy atom. The van der Waals surface area contributed by atoms with E-state index in [4.69, 9.17) is 14.2 Å². The van der Waals surface area contributed by atoms with Gasteiger partial charge in [0, 0.05) is 47.4 Å². The van der Waals surface area contributed by atoms with Crippen LogP contribution >= 0.6 is 0 Å². The Hall–Kier alpha value is -7.10. The zero-order chi connectivity index (χ0) is 44.7. The van der Waals surface area contributed by atoms with Crippen LogP contribution in [0.4, 0.5) is 5.69 Å². The number of piperidine rings is 1. The maximum atomic E-state index is 13.3. The molecule has 2 aliphatic rings. The summed E-state index contributed by atoms with van der Waals surface area (Å²) in [6, 6.07) is 27.5. The molecule has 2 aliphatic heterocycles. The van der Waals surface area contributed by atoms with Crippen LogP contribution in [0.1, 0.15) is 77.5 Å². The number of carboxylic acid groups (broad SMARTS) is 1. The van der Waals surface area contributed by atoms with Gasteiger partial charge in [0.25, 0.3) is 17.7 Å². The Morgan fingerprint density at radius 3 is 2.34 bits per heavy atom. The van der Waals surface area contributed by atoms with Crippen LogP contribution < -0.4 is 20.7 Å². The number of rotatable bonds is 19. The number of hydrogen-bond donors (Lipinski definition) is 4. The molecule has 1 atom stereocenters. The maximum absolute atomic E-state index is 13.3. The van der Waals surface area contributed by atoms with Gasteiger partial charge < -0.3 is 35.3 Å². The van der Waals surface area contributed by atoms with Crippen LogP contribution in [-0.2, 0) is 20.7 Å². The first-order valence-electron chi connectivity index (χ1n) is 21.5. The molecule has 8 rings (SSSR count). The minimum absolute atomic E-state index is 0.000622. The number of ether oxygens (including phenoxy) is 3. The lowest BCUT2D eigenvalue weighted by Crippen LogP contribution is -2.52. The number of pyridine rings is 1. The molecule has 0 saturated carbocycles. The predicted octanol–water partition coefficient (Wildman–Crippen LogP) is 6.23. The van der Waals surface area contributed by atoms with Crippen molar-refractivity contribution >= 4 is 51.6 Å². The number of fused-ring (bicyclic) bond motifs is 3. The Kier molecular flexibility index (Phi) is 13.3. The highest BCUT2D eigenvalue weighted by atomic mass is 16.5. The van der Waals surface area contributed by atoms with E-state index in [1.807, 2.05) is 86.6 Å². The molecule has 6 aromatic rings. The van der Waals surface area contributed by atoms with Crippen molar-refractivity contribution in [1.29, 1.82) is 0 Å². The van der Waals surface area contributed by atoms with Crippen molar-refractivity contribution in [1.82, 2.24) is 25.1 Å². The molecule has 0 aliphatic carbocycles. The highest BCUT2D eigenvalue weighted by Gasteiger charge is 2.44. The van der Waals surface area contributed by atoms with E-state index in [2.05, 4.69) is 21.0 Å². The molecule has 15 nitrogen and oxygen atoms in total. The number of nitrogens with one attached hydrogen (secondary N) is 3. The molecule has 1 fully saturated rings. The van der Waals surface area contributed by atoms with Gasteiger partial charge in [-0.1, -0.05) is 48.5 Å². The van der Waals surface area contributed by atoms with Crippen molar-refractivity contribution in [2.75, 3.05) is 58.0 Å². The van der Waals surface area contributed by atoms with Crippen LogP contribution in [-0.4, -0.2) is 108 Å². The lowest BCUT2D eigenvalue weighted by Gasteiger charge is -2.28. The first kappa shape index (κ1) is 43.5. The van der Waals surface area contributed by atoms with Crippen LogP contribution in [0.2, 0.25) is 0 Å². The quantitative estimate of drug-likeness (QED) is 0.0534. The van der Waals surface area contributed by atoms with E-state index < -0.39 is 23.8 Å². The second-order valence-corrected chi connectivity index (χ2v) is 15.8. The molecule has 0 spiro atoms. The highest BCUT2D eigenvalue weighted by molar-refractivity contribution is 6.25. The third kappa shape index (κ3) is 9.03. The second-order valence-electron chi connectivity index (χ2n) is 15.8. The number of aryl methyl sites for hydroxylation is 3. The molecule has 64 heavy (non-hydrogen) atoms. The number of hydrogen-bond acceptors (Lipinski definition) is 10. The Bertz CT molecular complexity index is 2740. The Balaban J connectivity index is 0.793. The molecule has 2 aromatic heterocycles. The number of carbonyl (C=O) groups is 5. The molecule has 15 heteroatoms. The van der Waals surface area contributed by atoms with E-state index in [-0.39, 0.29) is 41.8 Å². The molecule has 0 radical (unpaired) electrons. The third-order valence-electron chi connectivity index (χ3n) is 11.6. The molecule has 0 bridgehead atoms. The lowest BCUT2D eigenvalue weighted by atomic mass is 9.96. The number of aromatic nitrogens is 2. The van der Waals surface area contributed by atoms with Gasteiger partial charge in [-0.2, -0.15) is 5.10 Å². The van der Waals surface area contributed by atoms with Gasteiger partial charge in [0.15, 0.2) is 5.69 Å². The van der Waals surface area contributed by atoms with Crippen molar-refractivity contribution in [2.45, 2.75) is 45.6 Å².